The monoisotopic (exact) mass is 414 g/mol. The highest BCUT2D eigenvalue weighted by molar-refractivity contribution is 6.02. The summed E-state index contributed by atoms with van der Waals surface area (Å²) in [6.45, 7) is 6.38. The molecular weight excluding hydrogens is 384 g/mol. The van der Waals surface area contributed by atoms with Gasteiger partial charge in [0.15, 0.2) is 5.82 Å². The van der Waals surface area contributed by atoms with E-state index in [2.05, 4.69) is 25.9 Å². The molecule has 0 radical (unpaired) electrons. The van der Waals surface area contributed by atoms with Crippen molar-refractivity contribution in [2.45, 2.75) is 51.7 Å². The average Bonchev–Trinajstić information content (AvgIpc) is 3.04. The van der Waals surface area contributed by atoms with E-state index in [1.807, 2.05) is 26.8 Å². The zero-order valence-corrected chi connectivity index (χ0v) is 18.2. The Morgan fingerprint density at radius 3 is 2.60 bits per heavy atom. The van der Waals surface area contributed by atoms with Crippen LogP contribution in [-0.2, 0) is 23.2 Å². The molecule has 162 valence electrons. The lowest BCUT2D eigenvalue weighted by atomic mass is 9.96. The number of aromatic nitrogens is 4. The molecule has 2 unspecified atom stereocenters. The number of fused-ring (bicyclic) bond motifs is 1. The molecule has 2 heterocycles. The number of amides is 2. The quantitative estimate of drug-likeness (QED) is 0.670. The third-order valence-corrected chi connectivity index (χ3v) is 5.98. The Kier molecular flexibility index (Phi) is 5.17. The molecule has 0 spiro atoms. The number of aromatic amines is 1. The SMILES string of the molecule is COCc1cc(C(=O)Nc2cc(C3C[C@@H]4C(C(=O)NC(C)(C)C)[C@@H]4C3)[nH]n2)n(C)n1. The average molecular weight is 415 g/mol. The van der Waals surface area contributed by atoms with Gasteiger partial charge in [-0.25, -0.2) is 0 Å². The van der Waals surface area contributed by atoms with Gasteiger partial charge in [0, 0.05) is 43.3 Å². The highest BCUT2D eigenvalue weighted by atomic mass is 16.5. The van der Waals surface area contributed by atoms with Crippen LogP contribution in [0.15, 0.2) is 12.1 Å². The molecule has 0 bridgehead atoms. The molecule has 0 saturated heterocycles. The van der Waals surface area contributed by atoms with Gasteiger partial charge in [0.05, 0.1) is 12.3 Å². The number of methoxy groups -OCH3 is 1. The first-order valence-corrected chi connectivity index (χ1v) is 10.4. The Balaban J connectivity index is 1.33. The van der Waals surface area contributed by atoms with Crippen molar-refractivity contribution in [2.75, 3.05) is 12.4 Å². The standard InChI is InChI=1S/C21H30N6O3/c1-21(2,3)23-20(29)18-13-6-11(7-14(13)18)15-9-17(25-24-15)22-19(28)16-8-12(10-30-5)26-27(16)4/h8-9,11,13-14,18H,6-7,10H2,1-5H3,(H,23,29)(H2,22,24,25,28)/t11?,13-,14+,18?. The summed E-state index contributed by atoms with van der Waals surface area (Å²) >= 11 is 0. The smallest absolute Gasteiger partial charge is 0.275 e. The molecular formula is C21H30N6O3. The molecule has 0 aliphatic heterocycles. The summed E-state index contributed by atoms with van der Waals surface area (Å²) in [5.74, 6) is 1.80. The maximum absolute atomic E-state index is 12.6. The van der Waals surface area contributed by atoms with Gasteiger partial charge in [0.2, 0.25) is 5.91 Å². The number of nitrogens with one attached hydrogen (secondary N) is 3. The third kappa shape index (κ3) is 4.12. The largest absolute Gasteiger partial charge is 0.378 e. The van der Waals surface area contributed by atoms with Crippen molar-refractivity contribution in [3.05, 3.63) is 29.2 Å². The van der Waals surface area contributed by atoms with Crippen molar-refractivity contribution >= 4 is 17.6 Å². The van der Waals surface area contributed by atoms with Gasteiger partial charge in [0.1, 0.15) is 5.69 Å². The van der Waals surface area contributed by atoms with Crippen molar-refractivity contribution in [3.8, 4) is 0 Å². The van der Waals surface area contributed by atoms with Crippen LogP contribution in [0.2, 0.25) is 0 Å². The molecule has 2 aromatic heterocycles. The zero-order valence-electron chi connectivity index (χ0n) is 18.2. The number of rotatable bonds is 6. The molecule has 2 aromatic rings. The Hall–Kier alpha value is -2.68. The summed E-state index contributed by atoms with van der Waals surface area (Å²) in [6.07, 6.45) is 1.95. The Morgan fingerprint density at radius 1 is 1.27 bits per heavy atom. The molecule has 30 heavy (non-hydrogen) atoms. The number of hydrogen-bond acceptors (Lipinski definition) is 5. The minimum absolute atomic E-state index is 0.147. The van der Waals surface area contributed by atoms with Crippen molar-refractivity contribution < 1.29 is 14.3 Å². The molecule has 2 fully saturated rings. The van der Waals surface area contributed by atoms with Crippen LogP contribution in [0.5, 0.6) is 0 Å². The third-order valence-electron chi connectivity index (χ3n) is 5.98. The summed E-state index contributed by atoms with van der Waals surface area (Å²) in [6, 6.07) is 3.60. The molecule has 3 N–H and O–H groups in total. The van der Waals surface area contributed by atoms with Gasteiger partial charge >= 0.3 is 0 Å². The van der Waals surface area contributed by atoms with E-state index in [4.69, 9.17) is 4.74 Å². The second-order valence-electron chi connectivity index (χ2n) is 9.50. The lowest BCUT2D eigenvalue weighted by Gasteiger charge is -2.21. The molecule has 0 aromatic carbocycles. The summed E-state index contributed by atoms with van der Waals surface area (Å²) in [5.41, 5.74) is 1.96. The van der Waals surface area contributed by atoms with Crippen LogP contribution in [0.3, 0.4) is 0 Å². The number of hydrogen-bond donors (Lipinski definition) is 3. The van der Waals surface area contributed by atoms with Crippen molar-refractivity contribution in [1.29, 1.82) is 0 Å². The van der Waals surface area contributed by atoms with Crippen LogP contribution >= 0.6 is 0 Å². The van der Waals surface area contributed by atoms with Gasteiger partial charge < -0.3 is 15.4 Å². The van der Waals surface area contributed by atoms with Crippen LogP contribution in [0.25, 0.3) is 0 Å². The fraction of sp³-hybridized carbons (Fsp3) is 0.619. The molecule has 2 aliphatic rings. The molecule has 2 aliphatic carbocycles. The normalized spacial score (nSPS) is 25.1. The van der Waals surface area contributed by atoms with Crippen LogP contribution in [0.1, 0.15) is 61.4 Å². The molecule has 4 rings (SSSR count). The first kappa shape index (κ1) is 20.6. The van der Waals surface area contributed by atoms with Crippen molar-refractivity contribution in [2.24, 2.45) is 24.8 Å². The summed E-state index contributed by atoms with van der Waals surface area (Å²) < 4.78 is 6.59. The van der Waals surface area contributed by atoms with Crippen molar-refractivity contribution in [3.63, 3.8) is 0 Å². The number of carbonyl (C=O) groups is 2. The number of anilines is 1. The van der Waals surface area contributed by atoms with E-state index in [1.54, 1.807) is 20.2 Å². The predicted molar refractivity (Wildman–Crippen MR) is 111 cm³/mol. The van der Waals surface area contributed by atoms with Crippen LogP contribution in [0, 0.1) is 17.8 Å². The van der Waals surface area contributed by atoms with E-state index < -0.39 is 0 Å². The van der Waals surface area contributed by atoms with E-state index in [0.717, 1.165) is 18.5 Å². The molecule has 9 nitrogen and oxygen atoms in total. The highest BCUT2D eigenvalue weighted by Gasteiger charge is 2.60. The Morgan fingerprint density at radius 2 is 1.97 bits per heavy atom. The fourth-order valence-corrected chi connectivity index (χ4v) is 4.68. The molecule has 9 heteroatoms. The highest BCUT2D eigenvalue weighted by Crippen LogP contribution is 2.62. The van der Waals surface area contributed by atoms with Crippen LogP contribution < -0.4 is 10.6 Å². The van der Waals surface area contributed by atoms with Gasteiger partial charge in [-0.1, -0.05) is 0 Å². The minimum Gasteiger partial charge on any atom is -0.378 e. The van der Waals surface area contributed by atoms with Crippen LogP contribution in [-0.4, -0.2) is 44.4 Å². The number of nitrogens with zero attached hydrogens (tertiary/aromatic N) is 3. The molecule has 2 saturated carbocycles. The second kappa shape index (κ2) is 7.54. The van der Waals surface area contributed by atoms with Gasteiger partial charge in [-0.3, -0.25) is 19.4 Å². The maximum atomic E-state index is 12.6. The fourth-order valence-electron chi connectivity index (χ4n) is 4.68. The number of ether oxygens (including phenoxy) is 1. The van der Waals surface area contributed by atoms with E-state index in [0.29, 0.717) is 41.6 Å². The van der Waals surface area contributed by atoms with Gasteiger partial charge in [-0.15, -0.1) is 0 Å². The topological polar surface area (TPSA) is 114 Å². The van der Waals surface area contributed by atoms with E-state index in [1.165, 1.54) is 4.68 Å². The predicted octanol–water partition coefficient (Wildman–Crippen LogP) is 2.20. The van der Waals surface area contributed by atoms with Gasteiger partial charge in [0.25, 0.3) is 5.91 Å². The summed E-state index contributed by atoms with van der Waals surface area (Å²) in [5, 5.41) is 17.5. The van der Waals surface area contributed by atoms with Gasteiger partial charge in [-0.2, -0.15) is 10.2 Å². The van der Waals surface area contributed by atoms with E-state index >= 15 is 0 Å². The Bertz CT molecular complexity index is 944. The van der Waals surface area contributed by atoms with Gasteiger partial charge in [-0.05, 0) is 51.5 Å². The Labute approximate surface area is 175 Å². The summed E-state index contributed by atoms with van der Waals surface area (Å²) in [7, 11) is 3.31. The lowest BCUT2D eigenvalue weighted by molar-refractivity contribution is -0.124. The zero-order chi connectivity index (χ0) is 21.6. The van der Waals surface area contributed by atoms with Crippen LogP contribution in [0.4, 0.5) is 5.82 Å². The number of carbonyl (C=O) groups excluding carboxylic acids is 2. The molecule has 2 amide bonds. The van der Waals surface area contributed by atoms with E-state index in [9.17, 15) is 9.59 Å². The number of aryl methyl sites for hydroxylation is 1. The first-order chi connectivity index (χ1) is 14.2. The maximum Gasteiger partial charge on any atom is 0.275 e. The van der Waals surface area contributed by atoms with E-state index in [-0.39, 0.29) is 23.3 Å². The minimum atomic E-state index is -0.265. The molecule has 4 atom stereocenters. The van der Waals surface area contributed by atoms with Crippen molar-refractivity contribution in [1.82, 2.24) is 25.3 Å². The lowest BCUT2D eigenvalue weighted by Crippen LogP contribution is -2.42. The second-order valence-corrected chi connectivity index (χ2v) is 9.50. The summed E-state index contributed by atoms with van der Waals surface area (Å²) in [4.78, 5) is 25.0. The number of H-pyrrole nitrogens is 1. The first-order valence-electron chi connectivity index (χ1n) is 10.4.